The zero-order valence-corrected chi connectivity index (χ0v) is 14.4. The number of benzene rings is 1. The molecule has 0 saturated carbocycles. The van der Waals surface area contributed by atoms with Crippen LogP contribution in [0, 0.1) is 0 Å². The molecule has 0 unspecified atom stereocenters. The Bertz CT molecular complexity index is 516. The topological polar surface area (TPSA) is 45.7 Å². The van der Waals surface area contributed by atoms with Gasteiger partial charge >= 0.3 is 6.18 Å². The molecule has 0 atom stereocenters. The smallest absolute Gasteiger partial charge is 0.374 e. The van der Waals surface area contributed by atoms with E-state index in [1.807, 2.05) is 45.0 Å². The Balaban J connectivity index is 2.60. The number of aliphatic imine (C=N–C) groups is 1. The summed E-state index contributed by atoms with van der Waals surface area (Å²) in [5, 5.41) is 5.64. The highest BCUT2D eigenvalue weighted by molar-refractivity contribution is 5.79. The van der Waals surface area contributed by atoms with Crippen LogP contribution in [0.5, 0.6) is 0 Å². The second-order valence-corrected chi connectivity index (χ2v) is 5.67. The van der Waals surface area contributed by atoms with E-state index in [0.29, 0.717) is 25.7 Å². The Kier molecular flexibility index (Phi) is 8.60. The highest BCUT2D eigenvalue weighted by Crippen LogP contribution is 2.18. The van der Waals surface area contributed by atoms with Crippen LogP contribution in [-0.2, 0) is 17.9 Å². The number of ether oxygens (including phenoxy) is 1. The second kappa shape index (κ2) is 10.2. The van der Waals surface area contributed by atoms with E-state index >= 15 is 0 Å². The van der Waals surface area contributed by atoms with Crippen molar-refractivity contribution in [1.29, 1.82) is 0 Å². The lowest BCUT2D eigenvalue weighted by atomic mass is 10.1. The number of halogens is 3. The van der Waals surface area contributed by atoms with Gasteiger partial charge in [-0.25, -0.2) is 4.99 Å². The molecule has 0 aromatic heterocycles. The number of nitrogens with one attached hydrogen (secondary N) is 2. The summed E-state index contributed by atoms with van der Waals surface area (Å²) in [6.07, 6.45) is -4.90. The summed E-state index contributed by atoms with van der Waals surface area (Å²) in [5.74, 6) is 0.380. The number of rotatable bonds is 8. The van der Waals surface area contributed by atoms with Crippen LogP contribution < -0.4 is 10.6 Å². The van der Waals surface area contributed by atoms with E-state index in [0.717, 1.165) is 11.1 Å². The summed E-state index contributed by atoms with van der Waals surface area (Å²) in [6.45, 7) is 7.12. The lowest BCUT2D eigenvalue weighted by molar-refractivity contribution is -0.132. The largest absolute Gasteiger partial charge is 0.390 e. The number of guanidine groups is 1. The van der Waals surface area contributed by atoms with Gasteiger partial charge < -0.3 is 15.4 Å². The highest BCUT2D eigenvalue weighted by atomic mass is 19.4. The minimum absolute atomic E-state index is 0.157. The molecular weight excluding hydrogens is 319 g/mol. The number of alkyl halides is 3. The zero-order chi connectivity index (χ0) is 18.0. The van der Waals surface area contributed by atoms with Crippen molar-refractivity contribution in [2.75, 3.05) is 13.1 Å². The van der Waals surface area contributed by atoms with Crippen LogP contribution in [0.2, 0.25) is 0 Å². The third kappa shape index (κ3) is 9.39. The van der Waals surface area contributed by atoms with E-state index in [-0.39, 0.29) is 12.6 Å². The van der Waals surface area contributed by atoms with Crippen LogP contribution in [-0.4, -0.2) is 31.3 Å². The van der Waals surface area contributed by atoms with Crippen molar-refractivity contribution in [2.24, 2.45) is 4.99 Å². The minimum Gasteiger partial charge on any atom is -0.374 e. The molecule has 1 aromatic rings. The molecule has 7 heteroatoms. The molecule has 0 bridgehead atoms. The van der Waals surface area contributed by atoms with Crippen LogP contribution in [0.3, 0.4) is 0 Å². The summed E-state index contributed by atoms with van der Waals surface area (Å²) in [7, 11) is 0. The van der Waals surface area contributed by atoms with E-state index < -0.39 is 12.6 Å². The minimum atomic E-state index is -4.17. The molecule has 0 amide bonds. The second-order valence-electron chi connectivity index (χ2n) is 5.67. The van der Waals surface area contributed by atoms with Crippen LogP contribution in [0.4, 0.5) is 13.2 Å². The van der Waals surface area contributed by atoms with Gasteiger partial charge in [-0.15, -0.1) is 0 Å². The fourth-order valence-corrected chi connectivity index (χ4v) is 1.92. The van der Waals surface area contributed by atoms with E-state index in [4.69, 9.17) is 4.74 Å². The Labute approximate surface area is 141 Å². The molecule has 4 nitrogen and oxygen atoms in total. The molecule has 0 aliphatic rings. The third-order valence-corrected chi connectivity index (χ3v) is 3.04. The molecule has 0 spiro atoms. The van der Waals surface area contributed by atoms with Gasteiger partial charge in [-0.2, -0.15) is 13.2 Å². The van der Waals surface area contributed by atoms with E-state index in [2.05, 4.69) is 15.6 Å². The zero-order valence-electron chi connectivity index (χ0n) is 14.4. The standard InChI is InChI=1S/C17H26F3N3O/c1-4-21-16(22-9-8-17(18,19)20)23-11-14-6-5-7-15(10-14)12-24-13(2)3/h5-7,10,13H,4,8-9,11-12H2,1-3H3,(H2,21,22,23). The number of hydrogen-bond donors (Lipinski definition) is 2. The van der Waals surface area contributed by atoms with Gasteiger partial charge in [0.1, 0.15) is 0 Å². The lowest BCUT2D eigenvalue weighted by Gasteiger charge is -2.13. The number of hydrogen-bond acceptors (Lipinski definition) is 2. The first kappa shape index (κ1) is 20.3. The van der Waals surface area contributed by atoms with E-state index in [9.17, 15) is 13.2 Å². The monoisotopic (exact) mass is 345 g/mol. The molecular formula is C17H26F3N3O. The summed E-state index contributed by atoms with van der Waals surface area (Å²) in [4.78, 5) is 4.33. The summed E-state index contributed by atoms with van der Waals surface area (Å²) >= 11 is 0. The van der Waals surface area contributed by atoms with Gasteiger partial charge in [-0.3, -0.25) is 0 Å². The molecule has 136 valence electrons. The van der Waals surface area contributed by atoms with E-state index in [1.54, 1.807) is 0 Å². The van der Waals surface area contributed by atoms with Crippen LogP contribution >= 0.6 is 0 Å². The van der Waals surface area contributed by atoms with Gasteiger partial charge in [0, 0.05) is 13.1 Å². The maximum atomic E-state index is 12.2. The first-order chi connectivity index (χ1) is 11.3. The fourth-order valence-electron chi connectivity index (χ4n) is 1.92. The Morgan fingerprint density at radius 2 is 1.92 bits per heavy atom. The van der Waals surface area contributed by atoms with Gasteiger partial charge in [0.05, 0.1) is 25.7 Å². The number of nitrogens with zero attached hydrogens (tertiary/aromatic N) is 1. The summed E-state index contributed by atoms with van der Waals surface area (Å²) in [5.41, 5.74) is 2.03. The highest BCUT2D eigenvalue weighted by Gasteiger charge is 2.26. The Hall–Kier alpha value is -1.76. The van der Waals surface area contributed by atoms with Crippen molar-refractivity contribution >= 4 is 5.96 Å². The SMILES string of the molecule is CCNC(=NCc1cccc(COC(C)C)c1)NCCC(F)(F)F. The maximum absolute atomic E-state index is 12.2. The fraction of sp³-hybridized carbons (Fsp3) is 0.588. The average molecular weight is 345 g/mol. The predicted octanol–water partition coefficient (Wildman–Crippen LogP) is 3.62. The lowest BCUT2D eigenvalue weighted by Crippen LogP contribution is -2.38. The Morgan fingerprint density at radius 1 is 1.21 bits per heavy atom. The van der Waals surface area contributed by atoms with Gasteiger partial charge in [-0.05, 0) is 31.9 Å². The van der Waals surface area contributed by atoms with Crippen molar-refractivity contribution in [3.05, 3.63) is 35.4 Å². The molecule has 0 heterocycles. The maximum Gasteiger partial charge on any atom is 0.390 e. The van der Waals surface area contributed by atoms with E-state index in [1.165, 1.54) is 0 Å². The van der Waals surface area contributed by atoms with Crippen molar-refractivity contribution < 1.29 is 17.9 Å². The van der Waals surface area contributed by atoms with Crippen molar-refractivity contribution in [3.63, 3.8) is 0 Å². The molecule has 0 aliphatic carbocycles. The predicted molar refractivity (Wildman–Crippen MR) is 89.9 cm³/mol. The van der Waals surface area contributed by atoms with Crippen LogP contribution in [0.1, 0.15) is 38.3 Å². The average Bonchev–Trinajstić information content (AvgIpc) is 2.50. The van der Waals surface area contributed by atoms with Crippen molar-refractivity contribution in [2.45, 2.75) is 52.6 Å². The van der Waals surface area contributed by atoms with Crippen molar-refractivity contribution in [1.82, 2.24) is 10.6 Å². The third-order valence-electron chi connectivity index (χ3n) is 3.04. The Morgan fingerprint density at radius 3 is 2.54 bits per heavy atom. The molecule has 1 aromatic carbocycles. The van der Waals surface area contributed by atoms with Crippen LogP contribution in [0.15, 0.2) is 29.3 Å². The van der Waals surface area contributed by atoms with Gasteiger partial charge in [0.15, 0.2) is 5.96 Å². The van der Waals surface area contributed by atoms with Gasteiger partial charge in [0.2, 0.25) is 0 Å². The molecule has 24 heavy (non-hydrogen) atoms. The molecule has 0 radical (unpaired) electrons. The molecule has 1 rings (SSSR count). The molecule has 2 N–H and O–H groups in total. The molecule has 0 saturated heterocycles. The van der Waals surface area contributed by atoms with Gasteiger partial charge in [-0.1, -0.05) is 24.3 Å². The van der Waals surface area contributed by atoms with Gasteiger partial charge in [0.25, 0.3) is 0 Å². The summed E-state index contributed by atoms with van der Waals surface area (Å²) < 4.78 is 42.2. The molecule has 0 aliphatic heterocycles. The first-order valence-corrected chi connectivity index (χ1v) is 8.08. The molecule has 0 fully saturated rings. The first-order valence-electron chi connectivity index (χ1n) is 8.08. The van der Waals surface area contributed by atoms with Crippen LogP contribution in [0.25, 0.3) is 0 Å². The summed E-state index contributed by atoms with van der Waals surface area (Å²) in [6, 6.07) is 7.82. The quantitative estimate of drug-likeness (QED) is 0.559. The normalized spacial score (nSPS) is 12.5. The van der Waals surface area contributed by atoms with Crippen molar-refractivity contribution in [3.8, 4) is 0 Å².